The molecule has 1 amide bonds. The van der Waals surface area contributed by atoms with Crippen LogP contribution in [0.3, 0.4) is 0 Å². The van der Waals surface area contributed by atoms with Gasteiger partial charge in [-0.15, -0.1) is 0 Å². The first-order chi connectivity index (χ1) is 4.09. The number of halogens is 1. The molecule has 0 bridgehead atoms. The van der Waals surface area contributed by atoms with Crippen LogP contribution in [0.2, 0.25) is 0 Å². The largest absolute Gasteiger partial charge is 0.286 e. The third kappa shape index (κ3) is 3.11. The number of hydrogen-bond acceptors (Lipinski definition) is 2. The molecule has 54 valence electrons. The SMILES string of the molecule is CC(C)N(S)C(=O)CBr. The molecule has 0 rings (SSSR count). The maximum Gasteiger partial charge on any atom is 0.243 e. The van der Waals surface area contributed by atoms with Crippen LogP contribution in [0.15, 0.2) is 0 Å². The number of nitrogens with zero attached hydrogens (tertiary/aromatic N) is 1. The van der Waals surface area contributed by atoms with Crippen molar-refractivity contribution in [2.75, 3.05) is 5.33 Å². The highest BCUT2D eigenvalue weighted by molar-refractivity contribution is 9.09. The summed E-state index contributed by atoms with van der Waals surface area (Å²) in [6, 6.07) is 0.165. The van der Waals surface area contributed by atoms with Crippen molar-refractivity contribution in [1.29, 1.82) is 0 Å². The molecule has 0 aliphatic carbocycles. The van der Waals surface area contributed by atoms with Crippen molar-refractivity contribution in [2.24, 2.45) is 0 Å². The van der Waals surface area contributed by atoms with Crippen molar-refractivity contribution in [1.82, 2.24) is 4.31 Å². The molecule has 4 heteroatoms. The Hall–Kier alpha value is 0.300. The summed E-state index contributed by atoms with van der Waals surface area (Å²) in [6.45, 7) is 3.82. The number of carbonyl (C=O) groups is 1. The van der Waals surface area contributed by atoms with Crippen LogP contribution in [0, 0.1) is 0 Å². The van der Waals surface area contributed by atoms with Crippen molar-refractivity contribution in [3.63, 3.8) is 0 Å². The van der Waals surface area contributed by atoms with Crippen molar-refractivity contribution >= 4 is 34.7 Å². The maximum atomic E-state index is 10.8. The lowest BCUT2D eigenvalue weighted by Crippen LogP contribution is -2.28. The lowest BCUT2D eigenvalue weighted by molar-refractivity contribution is -0.124. The molecule has 0 fully saturated rings. The van der Waals surface area contributed by atoms with E-state index in [1.165, 1.54) is 4.31 Å². The van der Waals surface area contributed by atoms with E-state index in [-0.39, 0.29) is 11.9 Å². The lowest BCUT2D eigenvalue weighted by Gasteiger charge is -2.17. The highest BCUT2D eigenvalue weighted by Crippen LogP contribution is 2.02. The minimum absolute atomic E-state index is 0.00617. The number of alkyl halides is 1. The second-order valence-corrected chi connectivity index (χ2v) is 2.96. The molecule has 0 aromatic carbocycles. The molecule has 9 heavy (non-hydrogen) atoms. The number of carbonyl (C=O) groups excluding carboxylic acids is 1. The Labute approximate surface area is 69.3 Å². The summed E-state index contributed by atoms with van der Waals surface area (Å²) in [5.41, 5.74) is 0. The highest BCUT2D eigenvalue weighted by Gasteiger charge is 2.09. The summed E-state index contributed by atoms with van der Waals surface area (Å²) in [6.07, 6.45) is 0. The van der Waals surface area contributed by atoms with Crippen molar-refractivity contribution < 1.29 is 4.79 Å². The van der Waals surface area contributed by atoms with Gasteiger partial charge in [-0.25, -0.2) is 0 Å². The van der Waals surface area contributed by atoms with Gasteiger partial charge in [-0.3, -0.25) is 9.10 Å². The van der Waals surface area contributed by atoms with Crippen LogP contribution in [0.4, 0.5) is 0 Å². The van der Waals surface area contributed by atoms with E-state index in [2.05, 4.69) is 28.7 Å². The topological polar surface area (TPSA) is 20.3 Å². The molecule has 0 atom stereocenters. The smallest absolute Gasteiger partial charge is 0.243 e. The number of rotatable bonds is 2. The quantitative estimate of drug-likeness (QED) is 0.542. The van der Waals surface area contributed by atoms with Crippen LogP contribution in [0.1, 0.15) is 13.8 Å². The Bertz CT molecular complexity index is 107. The van der Waals surface area contributed by atoms with E-state index < -0.39 is 0 Å². The Balaban J connectivity index is 3.72. The Morgan fingerprint density at radius 2 is 2.22 bits per heavy atom. The predicted molar refractivity (Wildman–Crippen MR) is 44.8 cm³/mol. The monoisotopic (exact) mass is 211 g/mol. The van der Waals surface area contributed by atoms with E-state index >= 15 is 0 Å². The molecule has 0 aliphatic rings. The molecule has 0 aromatic heterocycles. The summed E-state index contributed by atoms with van der Waals surface area (Å²) in [4.78, 5) is 10.8. The molecule has 0 aliphatic heterocycles. The van der Waals surface area contributed by atoms with E-state index in [1.807, 2.05) is 13.8 Å². The fraction of sp³-hybridized carbons (Fsp3) is 0.800. The van der Waals surface area contributed by atoms with Gasteiger partial charge in [0.25, 0.3) is 0 Å². The Kier molecular flexibility index (Phi) is 4.31. The zero-order valence-electron chi connectivity index (χ0n) is 5.47. The number of hydrogen-bond donors (Lipinski definition) is 1. The van der Waals surface area contributed by atoms with Crippen molar-refractivity contribution in [2.45, 2.75) is 19.9 Å². The van der Waals surface area contributed by atoms with E-state index in [9.17, 15) is 4.79 Å². The van der Waals surface area contributed by atoms with Gasteiger partial charge in [-0.1, -0.05) is 28.7 Å². The van der Waals surface area contributed by atoms with Gasteiger partial charge in [0.15, 0.2) is 0 Å². The molecule has 0 spiro atoms. The molecule has 0 unspecified atom stereocenters. The van der Waals surface area contributed by atoms with Gasteiger partial charge in [0.05, 0.1) is 5.33 Å². The first-order valence-corrected chi connectivity index (χ1v) is 4.18. The van der Waals surface area contributed by atoms with Gasteiger partial charge in [-0.2, -0.15) is 0 Å². The van der Waals surface area contributed by atoms with Gasteiger partial charge in [0.2, 0.25) is 5.91 Å². The van der Waals surface area contributed by atoms with Crippen LogP contribution in [-0.2, 0) is 4.79 Å². The molecule has 0 aromatic rings. The maximum absolute atomic E-state index is 10.8. The van der Waals surface area contributed by atoms with Gasteiger partial charge in [0, 0.05) is 6.04 Å². The average molecular weight is 212 g/mol. The van der Waals surface area contributed by atoms with Crippen LogP contribution in [0.25, 0.3) is 0 Å². The molecule has 0 radical (unpaired) electrons. The molecular formula is C5H10BrNOS. The molecule has 0 heterocycles. The third-order valence-corrected chi connectivity index (χ3v) is 2.02. The van der Waals surface area contributed by atoms with Crippen LogP contribution in [-0.4, -0.2) is 21.6 Å². The first kappa shape index (κ1) is 9.30. The fourth-order valence-corrected chi connectivity index (χ4v) is 0.884. The molecule has 0 saturated carbocycles. The number of amides is 1. The number of thiol groups is 1. The van der Waals surface area contributed by atoms with Crippen molar-refractivity contribution in [3.05, 3.63) is 0 Å². The minimum Gasteiger partial charge on any atom is -0.286 e. The van der Waals surface area contributed by atoms with Crippen molar-refractivity contribution in [3.8, 4) is 0 Å². The first-order valence-electron chi connectivity index (χ1n) is 2.66. The lowest BCUT2D eigenvalue weighted by atomic mass is 10.4. The van der Waals surface area contributed by atoms with Crippen LogP contribution in [0.5, 0.6) is 0 Å². The fourth-order valence-electron chi connectivity index (χ4n) is 0.349. The molecule has 2 nitrogen and oxygen atoms in total. The van der Waals surface area contributed by atoms with E-state index in [4.69, 9.17) is 0 Å². The molecule has 0 N–H and O–H groups in total. The summed E-state index contributed by atoms with van der Waals surface area (Å²) in [5.74, 6) is -0.00617. The summed E-state index contributed by atoms with van der Waals surface area (Å²) < 4.78 is 1.40. The second kappa shape index (κ2) is 4.17. The van der Waals surface area contributed by atoms with E-state index in [0.717, 1.165) is 0 Å². The second-order valence-electron chi connectivity index (χ2n) is 1.97. The van der Waals surface area contributed by atoms with Gasteiger partial charge in [0.1, 0.15) is 0 Å². The summed E-state index contributed by atoms with van der Waals surface area (Å²) in [7, 11) is 0. The van der Waals surface area contributed by atoms with Gasteiger partial charge in [-0.05, 0) is 13.8 Å². The molecular weight excluding hydrogens is 202 g/mol. The van der Waals surface area contributed by atoms with E-state index in [0.29, 0.717) is 5.33 Å². The summed E-state index contributed by atoms with van der Waals surface area (Å²) >= 11 is 7.00. The summed E-state index contributed by atoms with van der Waals surface area (Å²) in [5, 5.41) is 0.342. The Morgan fingerprint density at radius 1 is 1.78 bits per heavy atom. The van der Waals surface area contributed by atoms with Crippen LogP contribution < -0.4 is 0 Å². The van der Waals surface area contributed by atoms with Gasteiger partial charge >= 0.3 is 0 Å². The minimum atomic E-state index is -0.00617. The zero-order chi connectivity index (χ0) is 7.44. The predicted octanol–water partition coefficient (Wildman–Crippen LogP) is 1.46. The Morgan fingerprint density at radius 3 is 2.33 bits per heavy atom. The average Bonchev–Trinajstić information content (AvgIpc) is 1.84. The zero-order valence-corrected chi connectivity index (χ0v) is 7.95. The third-order valence-electron chi connectivity index (χ3n) is 0.859. The van der Waals surface area contributed by atoms with E-state index in [1.54, 1.807) is 0 Å². The normalized spacial score (nSPS) is 9.89. The van der Waals surface area contributed by atoms with Gasteiger partial charge < -0.3 is 0 Å². The standard InChI is InChI=1S/C5H10BrNOS/c1-4(2)7(9)5(8)3-6/h4,9H,3H2,1-2H3. The molecule has 0 saturated heterocycles. The van der Waals surface area contributed by atoms with Crippen LogP contribution >= 0.6 is 28.7 Å². The highest BCUT2D eigenvalue weighted by atomic mass is 79.9.